The van der Waals surface area contributed by atoms with Crippen LogP contribution in [0.2, 0.25) is 5.02 Å². The highest BCUT2D eigenvalue weighted by Gasteiger charge is 2.19. The molecule has 8 heteroatoms. The van der Waals surface area contributed by atoms with Gasteiger partial charge < -0.3 is 0 Å². The van der Waals surface area contributed by atoms with Gasteiger partial charge in [0.15, 0.2) is 0 Å². The first-order valence-corrected chi connectivity index (χ1v) is 10.7. The fourth-order valence-electron chi connectivity index (χ4n) is 2.68. The van der Waals surface area contributed by atoms with E-state index >= 15 is 0 Å². The quantitative estimate of drug-likeness (QED) is 0.479. The topological polar surface area (TPSA) is 87.3 Å². The first-order chi connectivity index (χ1) is 14.0. The van der Waals surface area contributed by atoms with Crippen molar-refractivity contribution in [3.8, 4) is 0 Å². The van der Waals surface area contributed by atoms with E-state index in [1.807, 2.05) is 30.3 Å². The lowest BCUT2D eigenvalue weighted by atomic mass is 10.1. The molecule has 3 aromatic carbocycles. The van der Waals surface area contributed by atoms with Gasteiger partial charge in [-0.15, -0.1) is 0 Å². The number of hydrogen-bond donors (Lipinski definition) is 3. The summed E-state index contributed by atoms with van der Waals surface area (Å²) in [6, 6.07) is 23.5. The van der Waals surface area contributed by atoms with Crippen LogP contribution in [0, 0.1) is 0 Å². The largest absolute Gasteiger partial charge is 0.287 e. The molecule has 1 unspecified atom stereocenters. The summed E-state index contributed by atoms with van der Waals surface area (Å²) in [4.78, 5) is 12.6. The van der Waals surface area contributed by atoms with E-state index in [1.54, 1.807) is 42.5 Å². The Hall–Kier alpha value is -2.71. The second-order valence-electron chi connectivity index (χ2n) is 6.21. The lowest BCUT2D eigenvalue weighted by molar-refractivity contribution is 0.0925. The molecular formula is C21H20ClN3O3S. The van der Waals surface area contributed by atoms with Crippen molar-refractivity contribution in [2.75, 3.05) is 6.54 Å². The number of amides is 1. The van der Waals surface area contributed by atoms with Crippen LogP contribution in [0.25, 0.3) is 0 Å². The summed E-state index contributed by atoms with van der Waals surface area (Å²) >= 11 is 6.06. The molecule has 0 bridgehead atoms. The van der Waals surface area contributed by atoms with Crippen LogP contribution in [0.15, 0.2) is 89.8 Å². The zero-order valence-electron chi connectivity index (χ0n) is 15.4. The number of rotatable bonds is 8. The van der Waals surface area contributed by atoms with E-state index in [-0.39, 0.29) is 11.4 Å². The normalized spacial score (nSPS) is 12.3. The smallest absolute Gasteiger partial charge is 0.266 e. The first kappa shape index (κ1) is 21.0. The summed E-state index contributed by atoms with van der Waals surface area (Å²) in [5.41, 5.74) is 6.63. The number of carbonyl (C=O) groups is 1. The predicted molar refractivity (Wildman–Crippen MR) is 113 cm³/mol. The average molecular weight is 430 g/mol. The van der Waals surface area contributed by atoms with E-state index in [0.29, 0.717) is 10.6 Å². The van der Waals surface area contributed by atoms with Gasteiger partial charge in [-0.1, -0.05) is 72.3 Å². The minimum atomic E-state index is -3.68. The maximum atomic E-state index is 12.5. The van der Waals surface area contributed by atoms with Gasteiger partial charge in [0.05, 0.1) is 21.5 Å². The van der Waals surface area contributed by atoms with E-state index < -0.39 is 22.0 Å². The highest BCUT2D eigenvalue weighted by atomic mass is 35.5. The third-order valence-corrected chi connectivity index (χ3v) is 5.98. The maximum Gasteiger partial charge on any atom is 0.266 e. The molecule has 150 valence electrons. The minimum Gasteiger partial charge on any atom is -0.287 e. The molecular weight excluding hydrogens is 410 g/mol. The molecule has 0 aromatic heterocycles. The molecule has 6 nitrogen and oxygen atoms in total. The van der Waals surface area contributed by atoms with Gasteiger partial charge in [0.1, 0.15) is 0 Å². The zero-order chi connectivity index (χ0) is 20.7. The molecule has 0 spiro atoms. The molecule has 0 saturated carbocycles. The fraction of sp³-hybridized carbons (Fsp3) is 0.0952. The van der Waals surface area contributed by atoms with Crippen LogP contribution >= 0.6 is 11.6 Å². The van der Waals surface area contributed by atoms with Crippen LogP contribution in [-0.4, -0.2) is 20.9 Å². The van der Waals surface area contributed by atoms with Gasteiger partial charge in [-0.3, -0.25) is 10.2 Å². The summed E-state index contributed by atoms with van der Waals surface area (Å²) in [6.07, 6.45) is 0. The molecule has 0 aliphatic rings. The SMILES string of the molecule is O=C(NNC(CNS(=O)(=O)c1ccccc1)c1ccccc1)c1ccccc1Cl. The Morgan fingerprint density at radius 1 is 0.862 bits per heavy atom. The second-order valence-corrected chi connectivity index (χ2v) is 8.38. The van der Waals surface area contributed by atoms with Crippen molar-refractivity contribution in [1.82, 2.24) is 15.6 Å². The Kier molecular flexibility index (Phi) is 7.00. The van der Waals surface area contributed by atoms with Crippen molar-refractivity contribution in [2.24, 2.45) is 0 Å². The molecule has 29 heavy (non-hydrogen) atoms. The van der Waals surface area contributed by atoms with E-state index in [2.05, 4.69) is 15.6 Å². The number of halogens is 1. The van der Waals surface area contributed by atoms with Gasteiger partial charge >= 0.3 is 0 Å². The molecule has 3 rings (SSSR count). The number of hydrazine groups is 1. The number of sulfonamides is 1. The second kappa shape index (κ2) is 9.67. The zero-order valence-corrected chi connectivity index (χ0v) is 17.0. The number of hydrogen-bond acceptors (Lipinski definition) is 4. The van der Waals surface area contributed by atoms with Crippen LogP contribution in [-0.2, 0) is 10.0 Å². The number of benzene rings is 3. The Balaban J connectivity index is 1.72. The molecule has 0 fully saturated rings. The molecule has 3 N–H and O–H groups in total. The Morgan fingerprint density at radius 2 is 1.45 bits per heavy atom. The third-order valence-electron chi connectivity index (χ3n) is 4.21. The monoisotopic (exact) mass is 429 g/mol. The van der Waals surface area contributed by atoms with E-state index in [1.165, 1.54) is 12.1 Å². The van der Waals surface area contributed by atoms with Gasteiger partial charge in [0, 0.05) is 6.54 Å². The van der Waals surface area contributed by atoms with Crippen LogP contribution in [0.5, 0.6) is 0 Å². The molecule has 0 saturated heterocycles. The predicted octanol–water partition coefficient (Wildman–Crippen LogP) is 3.29. The third kappa shape index (κ3) is 5.65. The maximum absolute atomic E-state index is 12.5. The van der Waals surface area contributed by atoms with Gasteiger partial charge in [-0.2, -0.15) is 0 Å². The van der Waals surface area contributed by atoms with Crippen molar-refractivity contribution in [1.29, 1.82) is 0 Å². The molecule has 0 heterocycles. The minimum absolute atomic E-state index is 0.0318. The van der Waals surface area contributed by atoms with Crippen molar-refractivity contribution in [2.45, 2.75) is 10.9 Å². The van der Waals surface area contributed by atoms with Crippen molar-refractivity contribution in [3.63, 3.8) is 0 Å². The highest BCUT2D eigenvalue weighted by Crippen LogP contribution is 2.16. The van der Waals surface area contributed by atoms with Crippen LogP contribution < -0.4 is 15.6 Å². The Bertz CT molecular complexity index is 1060. The molecule has 3 aromatic rings. The van der Waals surface area contributed by atoms with Crippen LogP contribution in [0.3, 0.4) is 0 Å². The number of carbonyl (C=O) groups excluding carboxylic acids is 1. The number of nitrogens with one attached hydrogen (secondary N) is 3. The van der Waals surface area contributed by atoms with Crippen molar-refractivity contribution >= 4 is 27.5 Å². The molecule has 1 amide bonds. The summed E-state index contributed by atoms with van der Waals surface area (Å²) < 4.78 is 27.6. The molecule has 1 atom stereocenters. The van der Waals surface area contributed by atoms with Crippen molar-refractivity contribution in [3.05, 3.63) is 101 Å². The van der Waals surface area contributed by atoms with E-state index in [4.69, 9.17) is 11.6 Å². The first-order valence-electron chi connectivity index (χ1n) is 8.87. The lowest BCUT2D eigenvalue weighted by Gasteiger charge is -2.20. The van der Waals surface area contributed by atoms with Crippen molar-refractivity contribution < 1.29 is 13.2 Å². The highest BCUT2D eigenvalue weighted by molar-refractivity contribution is 7.89. The van der Waals surface area contributed by atoms with Gasteiger partial charge in [0.25, 0.3) is 5.91 Å². The van der Waals surface area contributed by atoms with Crippen LogP contribution in [0.1, 0.15) is 22.0 Å². The average Bonchev–Trinajstić information content (AvgIpc) is 2.75. The lowest BCUT2D eigenvalue weighted by Crippen LogP contribution is -2.44. The Labute approximate surface area is 174 Å². The van der Waals surface area contributed by atoms with Gasteiger partial charge in [-0.25, -0.2) is 18.6 Å². The molecule has 0 aliphatic heterocycles. The fourth-order valence-corrected chi connectivity index (χ4v) is 3.97. The van der Waals surface area contributed by atoms with E-state index in [9.17, 15) is 13.2 Å². The van der Waals surface area contributed by atoms with Gasteiger partial charge in [-0.05, 0) is 29.8 Å². The van der Waals surface area contributed by atoms with E-state index in [0.717, 1.165) is 5.56 Å². The summed E-state index contributed by atoms with van der Waals surface area (Å²) in [6.45, 7) is 0.0318. The summed E-state index contributed by atoms with van der Waals surface area (Å²) in [5.74, 6) is -0.414. The summed E-state index contributed by atoms with van der Waals surface area (Å²) in [5, 5.41) is 0.327. The molecule has 0 aliphatic carbocycles. The Morgan fingerprint density at radius 3 is 2.10 bits per heavy atom. The summed E-state index contributed by atoms with van der Waals surface area (Å²) in [7, 11) is -3.68. The standard InChI is InChI=1S/C21H20ClN3O3S/c22-19-14-8-7-13-18(19)21(26)25-24-20(16-9-3-1-4-10-16)15-23-29(27,28)17-11-5-2-6-12-17/h1-14,20,23-24H,15H2,(H,25,26). The van der Waals surface area contributed by atoms with Crippen LogP contribution in [0.4, 0.5) is 0 Å². The van der Waals surface area contributed by atoms with Gasteiger partial charge in [0.2, 0.25) is 10.0 Å². The molecule has 0 radical (unpaired) electrons.